The molecule has 6 nitrogen and oxygen atoms in total. The van der Waals surface area contributed by atoms with Crippen LogP contribution in [0.5, 0.6) is 11.5 Å². The number of hydrogen-bond donors (Lipinski definition) is 4. The summed E-state index contributed by atoms with van der Waals surface area (Å²) < 4.78 is 5.01. The summed E-state index contributed by atoms with van der Waals surface area (Å²) in [7, 11) is 0. The summed E-state index contributed by atoms with van der Waals surface area (Å²) in [5.74, 6) is 1.25. The molecule has 0 saturated heterocycles. The third kappa shape index (κ3) is 4.21. The number of phenols is 2. The summed E-state index contributed by atoms with van der Waals surface area (Å²) >= 11 is 0. The summed E-state index contributed by atoms with van der Waals surface area (Å²) in [5, 5.41) is 21.1. The van der Waals surface area contributed by atoms with E-state index in [1.807, 2.05) is 18.2 Å². The van der Waals surface area contributed by atoms with Crippen molar-refractivity contribution in [2.75, 3.05) is 0 Å². The monoisotopic (exact) mass is 431 g/mol. The van der Waals surface area contributed by atoms with Gasteiger partial charge in [0.15, 0.2) is 6.39 Å². The van der Waals surface area contributed by atoms with Crippen LogP contribution in [0.1, 0.15) is 37.6 Å². The number of aromatic amines is 2. The van der Waals surface area contributed by atoms with Gasteiger partial charge in [0.05, 0.1) is 5.69 Å². The quantitative estimate of drug-likeness (QED) is 0.262. The van der Waals surface area contributed by atoms with Gasteiger partial charge in [-0.1, -0.05) is 20.8 Å². The standard InChI is InChI=1S/C13H12N2O2.C13H17NO/c1-2-9-10-5-8(16)3-4-11(10)15-13(9)12-6-17-7-14-12;1-8(2)6-13-9(3)11-7-10(15)4-5-12(11)14-13/h3-7,15-16H,2H2,1H3;4-5,7-8,14-15H,6H2,1-3H3. The van der Waals surface area contributed by atoms with Gasteiger partial charge in [0.25, 0.3) is 0 Å². The predicted octanol–water partition coefficient (Wildman–Crippen LogP) is 6.47. The van der Waals surface area contributed by atoms with Crippen molar-refractivity contribution in [1.29, 1.82) is 0 Å². The van der Waals surface area contributed by atoms with Gasteiger partial charge >= 0.3 is 0 Å². The topological polar surface area (TPSA) is 98.1 Å². The molecular weight excluding hydrogens is 402 g/mol. The van der Waals surface area contributed by atoms with E-state index in [1.165, 1.54) is 17.7 Å². The van der Waals surface area contributed by atoms with Crippen LogP contribution in [0.4, 0.5) is 0 Å². The smallest absolute Gasteiger partial charge is 0.181 e. The van der Waals surface area contributed by atoms with Crippen molar-refractivity contribution >= 4 is 21.8 Å². The molecule has 5 rings (SSSR count). The first kappa shape index (κ1) is 21.6. The molecule has 0 spiro atoms. The molecule has 32 heavy (non-hydrogen) atoms. The Balaban J connectivity index is 0.000000155. The number of phenolic OH excluding ortho intramolecular Hbond substituents is 2. The fourth-order valence-electron chi connectivity index (χ4n) is 4.14. The van der Waals surface area contributed by atoms with E-state index in [1.54, 1.807) is 24.5 Å². The van der Waals surface area contributed by atoms with Crippen LogP contribution in [0.2, 0.25) is 0 Å². The van der Waals surface area contributed by atoms with Gasteiger partial charge < -0.3 is 24.6 Å². The Bertz CT molecular complexity index is 1340. The van der Waals surface area contributed by atoms with E-state index >= 15 is 0 Å². The molecule has 4 N–H and O–H groups in total. The van der Waals surface area contributed by atoms with Gasteiger partial charge in [-0.25, -0.2) is 4.98 Å². The highest BCUT2D eigenvalue weighted by atomic mass is 16.3. The minimum atomic E-state index is 0.276. The normalized spacial score (nSPS) is 11.3. The Morgan fingerprint density at radius 2 is 1.62 bits per heavy atom. The Kier molecular flexibility index (Phi) is 5.95. The van der Waals surface area contributed by atoms with Crippen LogP contribution in [0.3, 0.4) is 0 Å². The van der Waals surface area contributed by atoms with Crippen molar-refractivity contribution in [2.24, 2.45) is 5.92 Å². The largest absolute Gasteiger partial charge is 0.508 e. The molecule has 0 bridgehead atoms. The van der Waals surface area contributed by atoms with Crippen molar-refractivity contribution in [3.8, 4) is 22.9 Å². The first-order valence-corrected chi connectivity index (χ1v) is 10.9. The molecule has 0 aliphatic rings. The number of aromatic hydroxyl groups is 2. The first-order chi connectivity index (χ1) is 15.4. The molecular formula is C26H29N3O3. The summed E-state index contributed by atoms with van der Waals surface area (Å²) in [6, 6.07) is 10.8. The SMILES string of the molecule is CCc1c(-c2cocn2)[nH]c2ccc(O)cc12.Cc1c(CC(C)C)[nH]c2ccc(O)cc12. The molecule has 0 atom stereocenters. The molecule has 6 heteroatoms. The molecule has 0 radical (unpaired) electrons. The maximum absolute atomic E-state index is 9.54. The lowest BCUT2D eigenvalue weighted by atomic mass is 10.0. The van der Waals surface area contributed by atoms with Gasteiger partial charge in [-0.15, -0.1) is 0 Å². The van der Waals surface area contributed by atoms with Crippen molar-refractivity contribution in [2.45, 2.75) is 40.5 Å². The van der Waals surface area contributed by atoms with E-state index in [2.05, 4.69) is 42.6 Å². The zero-order valence-corrected chi connectivity index (χ0v) is 18.9. The molecule has 0 amide bonds. The van der Waals surface area contributed by atoms with E-state index in [9.17, 15) is 10.2 Å². The van der Waals surface area contributed by atoms with Crippen LogP contribution in [-0.4, -0.2) is 25.2 Å². The minimum absolute atomic E-state index is 0.276. The number of fused-ring (bicyclic) bond motifs is 2. The van der Waals surface area contributed by atoms with Crippen LogP contribution in [0.25, 0.3) is 33.2 Å². The van der Waals surface area contributed by atoms with Crippen molar-refractivity contribution in [3.05, 3.63) is 65.9 Å². The zero-order valence-electron chi connectivity index (χ0n) is 18.9. The van der Waals surface area contributed by atoms with Crippen molar-refractivity contribution in [1.82, 2.24) is 15.0 Å². The van der Waals surface area contributed by atoms with E-state index < -0.39 is 0 Å². The van der Waals surface area contributed by atoms with Crippen LogP contribution in [0, 0.1) is 12.8 Å². The molecule has 3 heterocycles. The molecule has 166 valence electrons. The second kappa shape index (κ2) is 8.83. The summed E-state index contributed by atoms with van der Waals surface area (Å²) in [6.45, 7) is 8.61. The molecule has 2 aromatic carbocycles. The molecule has 5 aromatic rings. The average molecular weight is 432 g/mol. The highest BCUT2D eigenvalue weighted by Gasteiger charge is 2.14. The molecule has 0 saturated carbocycles. The van der Waals surface area contributed by atoms with E-state index in [4.69, 9.17) is 4.42 Å². The number of rotatable bonds is 4. The number of aryl methyl sites for hydroxylation is 2. The number of nitrogens with zero attached hydrogens (tertiary/aromatic N) is 1. The Hall–Kier alpha value is -3.67. The third-order valence-electron chi connectivity index (χ3n) is 5.69. The maximum atomic E-state index is 9.54. The molecule has 0 aliphatic heterocycles. The fraction of sp³-hybridized carbons (Fsp3) is 0.269. The van der Waals surface area contributed by atoms with Gasteiger partial charge in [-0.2, -0.15) is 0 Å². The van der Waals surface area contributed by atoms with Crippen molar-refractivity contribution in [3.63, 3.8) is 0 Å². The maximum Gasteiger partial charge on any atom is 0.181 e. The van der Waals surface area contributed by atoms with Gasteiger partial charge in [-0.05, 0) is 73.2 Å². The number of H-pyrrole nitrogens is 2. The Labute approximate surface area is 186 Å². The number of benzene rings is 2. The second-order valence-electron chi connectivity index (χ2n) is 8.49. The van der Waals surface area contributed by atoms with Crippen LogP contribution in [-0.2, 0) is 12.8 Å². The molecule has 0 aliphatic carbocycles. The van der Waals surface area contributed by atoms with E-state index in [0.717, 1.165) is 51.6 Å². The Morgan fingerprint density at radius 3 is 2.22 bits per heavy atom. The first-order valence-electron chi connectivity index (χ1n) is 10.9. The number of aromatic nitrogens is 3. The highest BCUT2D eigenvalue weighted by molar-refractivity contribution is 5.91. The second-order valence-corrected chi connectivity index (χ2v) is 8.49. The fourth-order valence-corrected chi connectivity index (χ4v) is 4.14. The summed E-state index contributed by atoms with van der Waals surface area (Å²) in [5.41, 5.74) is 7.54. The Morgan fingerprint density at radius 1 is 0.969 bits per heavy atom. The lowest BCUT2D eigenvalue weighted by molar-refractivity contribution is 0.475. The van der Waals surface area contributed by atoms with Gasteiger partial charge in [0.2, 0.25) is 0 Å². The number of hydrogen-bond acceptors (Lipinski definition) is 4. The molecule has 3 aromatic heterocycles. The van der Waals surface area contributed by atoms with Gasteiger partial charge in [-0.3, -0.25) is 0 Å². The van der Waals surface area contributed by atoms with Crippen LogP contribution < -0.4 is 0 Å². The lowest BCUT2D eigenvalue weighted by Crippen LogP contribution is -1.95. The van der Waals surface area contributed by atoms with Gasteiger partial charge in [0.1, 0.15) is 23.5 Å². The lowest BCUT2D eigenvalue weighted by Gasteiger charge is -2.02. The highest BCUT2D eigenvalue weighted by Crippen LogP contribution is 2.32. The van der Waals surface area contributed by atoms with Gasteiger partial charge in [0, 0.05) is 27.5 Å². The third-order valence-corrected chi connectivity index (χ3v) is 5.69. The van der Waals surface area contributed by atoms with Crippen molar-refractivity contribution < 1.29 is 14.6 Å². The van der Waals surface area contributed by atoms with Crippen LogP contribution in [0.15, 0.2) is 53.5 Å². The zero-order chi connectivity index (χ0) is 22.8. The molecule has 0 unspecified atom stereocenters. The average Bonchev–Trinajstić information content (AvgIpc) is 3.47. The summed E-state index contributed by atoms with van der Waals surface area (Å²) in [6.07, 6.45) is 4.95. The minimum Gasteiger partial charge on any atom is -0.508 e. The molecule has 0 fully saturated rings. The van der Waals surface area contributed by atoms with E-state index in [-0.39, 0.29) is 5.75 Å². The number of oxazole rings is 1. The van der Waals surface area contributed by atoms with Crippen LogP contribution >= 0.6 is 0 Å². The summed E-state index contributed by atoms with van der Waals surface area (Å²) in [4.78, 5) is 10.9. The predicted molar refractivity (Wildman–Crippen MR) is 128 cm³/mol. The van der Waals surface area contributed by atoms with E-state index in [0.29, 0.717) is 11.7 Å². The number of nitrogens with one attached hydrogen (secondary N) is 2.